The number of benzene rings is 2. The van der Waals surface area contributed by atoms with Crippen molar-refractivity contribution < 1.29 is 57.2 Å². The summed E-state index contributed by atoms with van der Waals surface area (Å²) in [5, 5.41) is 0. The number of rotatable bonds is 33. The average Bonchev–Trinajstić information content (AvgIpc) is 3.34. The van der Waals surface area contributed by atoms with Gasteiger partial charge in [-0.1, -0.05) is 179 Å². The van der Waals surface area contributed by atoms with Gasteiger partial charge < -0.3 is 28.4 Å². The van der Waals surface area contributed by atoms with Crippen molar-refractivity contribution >= 4 is 35.8 Å². The topological polar surface area (TPSA) is 158 Å². The minimum absolute atomic E-state index is 0.201. The Morgan fingerprint density at radius 2 is 0.493 bits per heavy atom. The molecule has 12 heteroatoms. The van der Waals surface area contributed by atoms with Gasteiger partial charge in [0.1, 0.15) is 34.5 Å². The minimum Gasteiger partial charge on any atom is -0.426 e. The average molecular weight is 995 g/mol. The van der Waals surface area contributed by atoms with Crippen LogP contribution in [0.3, 0.4) is 0 Å². The van der Waals surface area contributed by atoms with Crippen molar-refractivity contribution in [1.29, 1.82) is 0 Å². The quantitative estimate of drug-likeness (QED) is 0.0379. The molecule has 2 aromatic carbocycles. The van der Waals surface area contributed by atoms with Crippen LogP contribution in [-0.2, 0) is 28.8 Å². The van der Waals surface area contributed by atoms with E-state index in [0.717, 1.165) is 135 Å². The summed E-state index contributed by atoms with van der Waals surface area (Å²) in [5.74, 6) is -2.31. The summed E-state index contributed by atoms with van der Waals surface area (Å²) >= 11 is 0. The van der Waals surface area contributed by atoms with E-state index in [4.69, 9.17) is 28.4 Å². The Morgan fingerprint density at radius 1 is 0.310 bits per heavy atom. The lowest BCUT2D eigenvalue weighted by atomic mass is 10.0. The number of unbranched alkanes of at least 4 members (excludes halogenated alkanes) is 9. The molecule has 0 bridgehead atoms. The fraction of sp³-hybridized carbons (Fsp3) is 0.695. The van der Waals surface area contributed by atoms with E-state index in [1.54, 1.807) is 26.0 Å². The van der Waals surface area contributed by atoms with Crippen molar-refractivity contribution in [3.8, 4) is 34.5 Å². The van der Waals surface area contributed by atoms with Gasteiger partial charge >= 0.3 is 35.8 Å². The molecule has 0 amide bonds. The molecule has 0 heterocycles. The van der Waals surface area contributed by atoms with Gasteiger partial charge in [-0.05, 0) is 52.4 Å². The SMILES string of the molecule is CCCCC(C)C(=O)Oc1cc(OC(=O)C(C)CCCC)c(C)c(OC(=O)C(C)CCCC)c1.CCCCCC(C)C(=O)Oc1cc(OC(=O)C(C)CCCCC)c(C)c(OC(=O)C(C)CCCCC)c1. The number of ether oxygens (including phenoxy) is 6. The highest BCUT2D eigenvalue weighted by atomic mass is 16.6. The number of carbonyl (C=O) groups excluding carboxylic acids is 6. The van der Waals surface area contributed by atoms with Crippen LogP contribution < -0.4 is 28.4 Å². The molecule has 2 rings (SSSR count). The van der Waals surface area contributed by atoms with Crippen molar-refractivity contribution in [2.75, 3.05) is 0 Å². The number of hydrogen-bond donors (Lipinski definition) is 0. The lowest BCUT2D eigenvalue weighted by molar-refractivity contribution is -0.140. The molecule has 0 saturated carbocycles. The molecule has 0 saturated heterocycles. The molecule has 0 N–H and O–H groups in total. The second-order valence-electron chi connectivity index (χ2n) is 19.9. The summed E-state index contributed by atoms with van der Waals surface area (Å²) < 4.78 is 34.1. The first-order valence-corrected chi connectivity index (χ1v) is 27.4. The van der Waals surface area contributed by atoms with E-state index in [-0.39, 0.29) is 106 Å². The molecule has 0 aromatic heterocycles. The Balaban J connectivity index is 0.000000713. The summed E-state index contributed by atoms with van der Waals surface area (Å²) in [6, 6.07) is 6.15. The summed E-state index contributed by atoms with van der Waals surface area (Å²) in [5.41, 5.74) is 1.05. The van der Waals surface area contributed by atoms with E-state index >= 15 is 0 Å². The third-order valence-electron chi connectivity index (χ3n) is 13.0. The molecular formula is C59H94O12. The Labute approximate surface area is 428 Å². The lowest BCUT2D eigenvalue weighted by Gasteiger charge is -2.18. The highest BCUT2D eigenvalue weighted by Gasteiger charge is 2.26. The summed E-state index contributed by atoms with van der Waals surface area (Å²) in [6.07, 6.45) is 19.5. The monoisotopic (exact) mass is 995 g/mol. The smallest absolute Gasteiger partial charge is 0.314 e. The second kappa shape index (κ2) is 36.2. The zero-order chi connectivity index (χ0) is 53.5. The van der Waals surface area contributed by atoms with Crippen molar-refractivity contribution in [2.24, 2.45) is 35.5 Å². The maximum absolute atomic E-state index is 12.8. The van der Waals surface area contributed by atoms with E-state index in [0.29, 0.717) is 11.1 Å². The van der Waals surface area contributed by atoms with Gasteiger partial charge in [0.05, 0.1) is 35.5 Å². The van der Waals surface area contributed by atoms with Crippen LogP contribution in [0.4, 0.5) is 0 Å². The predicted octanol–water partition coefficient (Wildman–Crippen LogP) is 15.6. The van der Waals surface area contributed by atoms with Crippen molar-refractivity contribution in [3.05, 3.63) is 35.4 Å². The molecule has 12 nitrogen and oxygen atoms in total. The van der Waals surface area contributed by atoms with Gasteiger partial charge in [0.15, 0.2) is 0 Å². The van der Waals surface area contributed by atoms with E-state index < -0.39 is 0 Å². The first-order valence-electron chi connectivity index (χ1n) is 27.4. The summed E-state index contributed by atoms with van der Waals surface area (Å²) in [7, 11) is 0. The lowest BCUT2D eigenvalue weighted by Crippen LogP contribution is -2.21. The van der Waals surface area contributed by atoms with Crippen LogP contribution in [0.2, 0.25) is 0 Å². The molecule has 2 aromatic rings. The summed E-state index contributed by atoms with van der Waals surface area (Å²) in [6.45, 7) is 27.1. The largest absolute Gasteiger partial charge is 0.426 e. The van der Waals surface area contributed by atoms with Crippen LogP contribution in [0.25, 0.3) is 0 Å². The Bertz CT molecular complexity index is 1820. The van der Waals surface area contributed by atoms with Crippen molar-refractivity contribution in [2.45, 2.75) is 232 Å². The molecule has 6 unspecified atom stereocenters. The fourth-order valence-corrected chi connectivity index (χ4v) is 7.43. The minimum atomic E-state index is -0.362. The van der Waals surface area contributed by atoms with Crippen molar-refractivity contribution in [1.82, 2.24) is 0 Å². The Morgan fingerprint density at radius 3 is 0.690 bits per heavy atom. The van der Waals surface area contributed by atoms with Crippen LogP contribution in [0.1, 0.15) is 229 Å². The summed E-state index contributed by atoms with van der Waals surface area (Å²) in [4.78, 5) is 76.2. The Kier molecular flexibility index (Phi) is 32.8. The van der Waals surface area contributed by atoms with Gasteiger partial charge in [-0.15, -0.1) is 0 Å². The van der Waals surface area contributed by atoms with Crippen LogP contribution in [-0.4, -0.2) is 35.8 Å². The van der Waals surface area contributed by atoms with E-state index in [2.05, 4.69) is 41.5 Å². The molecule has 71 heavy (non-hydrogen) atoms. The number of hydrogen-bond acceptors (Lipinski definition) is 12. The first kappa shape index (κ1) is 64.3. The fourth-order valence-electron chi connectivity index (χ4n) is 7.43. The maximum atomic E-state index is 12.8. The first-order chi connectivity index (χ1) is 33.8. The number of carbonyl (C=O) groups is 6. The normalized spacial score (nSPS) is 13.5. The highest BCUT2D eigenvalue weighted by Crippen LogP contribution is 2.37. The molecular weight excluding hydrogens is 901 g/mol. The molecule has 6 atom stereocenters. The van der Waals surface area contributed by atoms with Gasteiger partial charge in [-0.3, -0.25) is 28.8 Å². The standard InChI is InChI=1S/C31H50O6.C28H44O6/c1-8-11-14-17-22(4)29(32)35-26-20-27(36-30(33)23(5)18-15-12-9-2)25(7)28(21-26)37-31(34)24(6)19-16-13-10-3;1-8-11-14-19(4)26(29)32-23-17-24(33-27(30)20(5)15-12-9-2)22(7)25(18-23)34-28(31)21(6)16-13-10-3/h20-24H,8-19H2,1-7H3;17-21H,8-16H2,1-7H3. The van der Waals surface area contributed by atoms with Crippen LogP contribution in [0.15, 0.2) is 24.3 Å². The third-order valence-corrected chi connectivity index (χ3v) is 13.0. The van der Waals surface area contributed by atoms with Crippen LogP contribution in [0, 0.1) is 49.4 Å². The van der Waals surface area contributed by atoms with E-state index in [1.165, 1.54) is 12.1 Å². The molecule has 0 aliphatic heterocycles. The van der Waals surface area contributed by atoms with Gasteiger partial charge in [-0.25, -0.2) is 0 Å². The molecule has 0 spiro atoms. The molecule has 0 aliphatic rings. The van der Waals surface area contributed by atoms with Crippen molar-refractivity contribution in [3.63, 3.8) is 0 Å². The zero-order valence-electron chi connectivity index (χ0n) is 46.5. The van der Waals surface area contributed by atoms with Gasteiger partial charge in [0.25, 0.3) is 0 Å². The predicted molar refractivity (Wildman–Crippen MR) is 282 cm³/mol. The molecule has 0 radical (unpaired) electrons. The zero-order valence-corrected chi connectivity index (χ0v) is 46.5. The van der Waals surface area contributed by atoms with Gasteiger partial charge in [0.2, 0.25) is 0 Å². The maximum Gasteiger partial charge on any atom is 0.314 e. The van der Waals surface area contributed by atoms with Crippen LogP contribution in [0.5, 0.6) is 34.5 Å². The van der Waals surface area contributed by atoms with Gasteiger partial charge in [-0.2, -0.15) is 0 Å². The third kappa shape index (κ3) is 25.0. The molecule has 0 aliphatic carbocycles. The highest BCUT2D eigenvalue weighted by molar-refractivity contribution is 5.80. The second-order valence-corrected chi connectivity index (χ2v) is 19.9. The molecule has 0 fully saturated rings. The van der Waals surface area contributed by atoms with Crippen LogP contribution >= 0.6 is 0 Å². The van der Waals surface area contributed by atoms with Gasteiger partial charge in [0, 0.05) is 35.4 Å². The number of esters is 6. The molecule has 402 valence electrons. The Hall–Kier alpha value is -4.74. The van der Waals surface area contributed by atoms with E-state index in [9.17, 15) is 28.8 Å². The van der Waals surface area contributed by atoms with E-state index in [1.807, 2.05) is 41.5 Å².